The molecule has 1 aromatic heterocycles. The Bertz CT molecular complexity index is 1430. The summed E-state index contributed by atoms with van der Waals surface area (Å²) in [5.74, 6) is 1.06. The maximum atomic E-state index is 13.1. The van der Waals surface area contributed by atoms with Crippen molar-refractivity contribution in [3.8, 4) is 28.4 Å². The van der Waals surface area contributed by atoms with E-state index >= 15 is 0 Å². The molecule has 0 aliphatic heterocycles. The third kappa shape index (κ3) is 5.20. The van der Waals surface area contributed by atoms with E-state index in [1.54, 1.807) is 30.3 Å². The average molecular weight is 488 g/mol. The highest BCUT2D eigenvalue weighted by Gasteiger charge is 2.19. The number of hydrogen-bond acceptors (Lipinski definition) is 6. The second-order valence-corrected chi connectivity index (χ2v) is 8.07. The van der Waals surface area contributed by atoms with Gasteiger partial charge >= 0.3 is 5.63 Å². The Morgan fingerprint density at radius 1 is 0.833 bits per heavy atom. The minimum Gasteiger partial charge on any atom is -0.490 e. The quantitative estimate of drug-likeness (QED) is 0.282. The van der Waals surface area contributed by atoms with E-state index in [0.29, 0.717) is 59.5 Å². The first kappa shape index (κ1) is 24.9. The molecule has 3 aromatic carbocycles. The van der Waals surface area contributed by atoms with Crippen LogP contribution < -0.4 is 25.2 Å². The lowest BCUT2D eigenvalue weighted by molar-refractivity contribution is 0.102. The number of benzene rings is 3. The second kappa shape index (κ2) is 11.0. The number of nitrogens with one attached hydrogen (secondary N) is 1. The monoisotopic (exact) mass is 487 g/mol. The molecule has 0 radical (unpaired) electrons. The molecule has 0 unspecified atom stereocenters. The summed E-state index contributed by atoms with van der Waals surface area (Å²) in [7, 11) is 0. The highest BCUT2D eigenvalue weighted by molar-refractivity contribution is 6.05. The van der Waals surface area contributed by atoms with Crippen molar-refractivity contribution in [2.75, 3.05) is 25.1 Å². The lowest BCUT2D eigenvalue weighted by Crippen LogP contribution is -2.13. The van der Waals surface area contributed by atoms with Crippen molar-refractivity contribution in [2.45, 2.75) is 27.7 Å². The fourth-order valence-electron chi connectivity index (χ4n) is 4.02. The minimum absolute atomic E-state index is 0.322. The molecule has 36 heavy (non-hydrogen) atoms. The Morgan fingerprint density at radius 2 is 1.50 bits per heavy atom. The molecular weight excluding hydrogens is 458 g/mol. The van der Waals surface area contributed by atoms with Gasteiger partial charge in [0.1, 0.15) is 5.58 Å². The van der Waals surface area contributed by atoms with Crippen LogP contribution in [0.5, 0.6) is 17.2 Å². The van der Waals surface area contributed by atoms with E-state index in [-0.39, 0.29) is 5.91 Å². The molecular formula is C29H29NO6. The van der Waals surface area contributed by atoms with Crippen LogP contribution in [-0.2, 0) is 0 Å². The number of anilines is 1. The van der Waals surface area contributed by atoms with Crippen molar-refractivity contribution in [2.24, 2.45) is 0 Å². The van der Waals surface area contributed by atoms with Gasteiger partial charge in [0.2, 0.25) is 5.75 Å². The number of hydrogen-bond donors (Lipinski definition) is 1. The smallest absolute Gasteiger partial charge is 0.344 e. The number of fused-ring (bicyclic) bond motifs is 1. The van der Waals surface area contributed by atoms with Crippen LogP contribution in [0.3, 0.4) is 0 Å². The Labute approximate surface area is 209 Å². The predicted molar refractivity (Wildman–Crippen MR) is 141 cm³/mol. The van der Waals surface area contributed by atoms with Crippen LogP contribution in [0.25, 0.3) is 22.1 Å². The largest absolute Gasteiger partial charge is 0.490 e. The summed E-state index contributed by atoms with van der Waals surface area (Å²) in [6.07, 6.45) is 0. The van der Waals surface area contributed by atoms with Crippen LogP contribution in [0.4, 0.5) is 5.69 Å². The molecule has 7 nitrogen and oxygen atoms in total. The van der Waals surface area contributed by atoms with Gasteiger partial charge in [0.15, 0.2) is 11.5 Å². The summed E-state index contributed by atoms with van der Waals surface area (Å²) in [6.45, 7) is 8.76. The third-order valence-electron chi connectivity index (χ3n) is 5.59. The molecule has 0 fully saturated rings. The van der Waals surface area contributed by atoms with E-state index < -0.39 is 5.63 Å². The first-order valence-electron chi connectivity index (χ1n) is 12.0. The Kier molecular flexibility index (Phi) is 7.59. The molecule has 1 N–H and O–H groups in total. The zero-order chi connectivity index (χ0) is 25.7. The number of amides is 1. The van der Waals surface area contributed by atoms with Gasteiger partial charge in [0.25, 0.3) is 5.91 Å². The van der Waals surface area contributed by atoms with Gasteiger partial charge in [-0.3, -0.25) is 4.79 Å². The van der Waals surface area contributed by atoms with Crippen LogP contribution in [0, 0.1) is 6.92 Å². The first-order chi connectivity index (χ1) is 17.4. The van der Waals surface area contributed by atoms with Gasteiger partial charge in [-0.1, -0.05) is 24.3 Å². The van der Waals surface area contributed by atoms with Crippen molar-refractivity contribution in [1.82, 2.24) is 0 Å². The third-order valence-corrected chi connectivity index (χ3v) is 5.59. The van der Waals surface area contributed by atoms with Gasteiger partial charge in [-0.15, -0.1) is 0 Å². The summed E-state index contributed by atoms with van der Waals surface area (Å²) < 4.78 is 22.6. The fraction of sp³-hybridized carbons (Fsp3) is 0.241. The number of carbonyl (C=O) groups is 1. The van der Waals surface area contributed by atoms with E-state index in [1.165, 1.54) is 0 Å². The molecule has 0 spiro atoms. The van der Waals surface area contributed by atoms with Gasteiger partial charge in [0, 0.05) is 16.6 Å². The molecule has 1 heterocycles. The average Bonchev–Trinajstić information content (AvgIpc) is 2.86. The molecule has 7 heteroatoms. The molecule has 0 atom stereocenters. The van der Waals surface area contributed by atoms with E-state index in [1.807, 2.05) is 58.0 Å². The molecule has 0 aliphatic carbocycles. The Morgan fingerprint density at radius 3 is 2.14 bits per heavy atom. The van der Waals surface area contributed by atoms with Gasteiger partial charge in [-0.2, -0.15) is 0 Å². The molecule has 0 saturated heterocycles. The molecule has 1 amide bonds. The topological polar surface area (TPSA) is 87.0 Å². The highest BCUT2D eigenvalue weighted by Crippen LogP contribution is 2.39. The number of para-hydroxylation sites is 1. The number of ether oxygens (including phenoxy) is 3. The lowest BCUT2D eigenvalue weighted by atomic mass is 10.0. The molecule has 0 bridgehead atoms. The van der Waals surface area contributed by atoms with Crippen molar-refractivity contribution in [1.29, 1.82) is 0 Å². The summed E-state index contributed by atoms with van der Waals surface area (Å²) in [6, 6.07) is 17.9. The van der Waals surface area contributed by atoms with Gasteiger partial charge in [-0.25, -0.2) is 4.79 Å². The number of aryl methyl sites for hydroxylation is 1. The van der Waals surface area contributed by atoms with Crippen LogP contribution in [0.1, 0.15) is 36.7 Å². The van der Waals surface area contributed by atoms with E-state index in [4.69, 9.17) is 18.6 Å². The molecule has 186 valence electrons. The molecule has 0 saturated carbocycles. The van der Waals surface area contributed by atoms with Gasteiger partial charge in [0.05, 0.1) is 25.4 Å². The number of carbonyl (C=O) groups excluding carboxylic acids is 1. The summed E-state index contributed by atoms with van der Waals surface area (Å²) in [5.41, 5.74) is 3.14. The Hall–Kier alpha value is -4.26. The summed E-state index contributed by atoms with van der Waals surface area (Å²) >= 11 is 0. The number of rotatable bonds is 9. The molecule has 4 rings (SSSR count). The van der Waals surface area contributed by atoms with E-state index in [2.05, 4.69) is 5.32 Å². The van der Waals surface area contributed by atoms with Crippen LogP contribution in [0.15, 0.2) is 69.9 Å². The van der Waals surface area contributed by atoms with E-state index in [0.717, 1.165) is 16.5 Å². The van der Waals surface area contributed by atoms with Gasteiger partial charge in [-0.05, 0) is 75.2 Å². The van der Waals surface area contributed by atoms with Crippen LogP contribution >= 0.6 is 0 Å². The Balaban J connectivity index is 1.63. The maximum Gasteiger partial charge on any atom is 0.344 e. The van der Waals surface area contributed by atoms with Crippen molar-refractivity contribution in [3.63, 3.8) is 0 Å². The zero-order valence-corrected chi connectivity index (χ0v) is 20.8. The van der Waals surface area contributed by atoms with Gasteiger partial charge < -0.3 is 23.9 Å². The summed E-state index contributed by atoms with van der Waals surface area (Å²) in [4.78, 5) is 25.7. The molecule has 4 aromatic rings. The fourth-order valence-corrected chi connectivity index (χ4v) is 4.02. The highest BCUT2D eigenvalue weighted by atomic mass is 16.5. The SMILES string of the molecule is CCOc1cc(C(=O)Nc2ccc(-c3cc4ccccc4oc3=O)c(C)c2)cc(OCC)c1OCC. The summed E-state index contributed by atoms with van der Waals surface area (Å²) in [5, 5.41) is 3.76. The standard InChI is InChI=1S/C29H29NO6/c1-5-33-25-16-20(17-26(34-6-2)27(25)35-7-3)28(31)30-21-12-13-22(18(4)14-21)23-15-19-10-8-9-11-24(19)36-29(23)32/h8-17H,5-7H2,1-4H3,(H,30,31). The van der Waals surface area contributed by atoms with E-state index in [9.17, 15) is 9.59 Å². The van der Waals surface area contributed by atoms with Crippen LogP contribution in [-0.4, -0.2) is 25.7 Å². The predicted octanol–water partition coefficient (Wildman–Crippen LogP) is 6.22. The first-order valence-corrected chi connectivity index (χ1v) is 12.0. The van der Waals surface area contributed by atoms with Crippen molar-refractivity contribution >= 4 is 22.6 Å². The zero-order valence-electron chi connectivity index (χ0n) is 20.8. The molecule has 0 aliphatic rings. The maximum absolute atomic E-state index is 13.1. The van der Waals surface area contributed by atoms with Crippen LogP contribution in [0.2, 0.25) is 0 Å². The lowest BCUT2D eigenvalue weighted by Gasteiger charge is -2.17. The normalized spacial score (nSPS) is 10.8. The van der Waals surface area contributed by atoms with Crippen molar-refractivity contribution < 1.29 is 23.4 Å². The second-order valence-electron chi connectivity index (χ2n) is 8.07. The minimum atomic E-state index is -0.408. The van der Waals surface area contributed by atoms with Crippen molar-refractivity contribution in [3.05, 3.63) is 82.2 Å².